The number of carbonyl (C=O) groups excluding carboxylic acids is 5. The fourth-order valence-corrected chi connectivity index (χ4v) is 12.6. The lowest BCUT2D eigenvalue weighted by Crippen LogP contribution is -2.96. The fourth-order valence-electron chi connectivity index (χ4n) is 12.6. The van der Waals surface area contributed by atoms with Crippen LogP contribution in [0.25, 0.3) is 0 Å². The lowest BCUT2D eigenvalue weighted by Gasteiger charge is -2.77. The SMILES string of the molecule is CCC12C[C@@H]3[C@](C)([C@@H](OC(C)=O)c4ccoc4)[C@@H](OC(C)=O)[C@@H](OC(C)=O)[C@@]4(O)[C@]3(O1)[C@H](O2)[C@@]1(O)[C@@H](OC(C)=O)[C@]2(C)C[C@@]1(O)[C@@]4(C)[C@H]2CC(=O)OC. The van der Waals surface area contributed by atoms with Gasteiger partial charge in [0.1, 0.15) is 35.1 Å². The predicted octanol–water partition coefficient (Wildman–Crippen LogP) is 1.80. The minimum atomic E-state index is -2.66. The second-order valence-corrected chi connectivity index (χ2v) is 16.5. The molecule has 1 spiro atoms. The van der Waals surface area contributed by atoms with Crippen LogP contribution in [0.4, 0.5) is 0 Å². The smallest absolute Gasteiger partial charge is 0.305 e. The van der Waals surface area contributed by atoms with Gasteiger partial charge in [-0.05, 0) is 24.8 Å². The third kappa shape index (κ3) is 4.06. The van der Waals surface area contributed by atoms with Crippen LogP contribution in [0.15, 0.2) is 23.0 Å². The van der Waals surface area contributed by atoms with Crippen molar-refractivity contribution in [2.45, 2.75) is 140 Å². The van der Waals surface area contributed by atoms with Crippen molar-refractivity contribution in [2.75, 3.05) is 7.11 Å². The number of methoxy groups -OCH3 is 1. The zero-order valence-electron chi connectivity index (χ0n) is 31.3. The molecule has 3 heterocycles. The van der Waals surface area contributed by atoms with E-state index in [1.54, 1.807) is 26.8 Å². The van der Waals surface area contributed by atoms with Crippen molar-refractivity contribution < 1.29 is 76.9 Å². The van der Waals surface area contributed by atoms with E-state index in [0.717, 1.165) is 20.8 Å². The molecule has 292 valence electrons. The molecule has 0 aromatic carbocycles. The van der Waals surface area contributed by atoms with Crippen LogP contribution < -0.4 is 0 Å². The number of fused-ring (bicyclic) bond motifs is 4. The highest BCUT2D eigenvalue weighted by Crippen LogP contribution is 2.87. The maximum absolute atomic E-state index is 14.2. The van der Waals surface area contributed by atoms with Crippen molar-refractivity contribution in [2.24, 2.45) is 28.1 Å². The topological polar surface area (TPSA) is 224 Å². The Balaban J connectivity index is 1.64. The summed E-state index contributed by atoms with van der Waals surface area (Å²) < 4.78 is 48.6. The van der Waals surface area contributed by atoms with Gasteiger partial charge in [-0.3, -0.25) is 24.0 Å². The Hall–Kier alpha value is -3.57. The van der Waals surface area contributed by atoms with Crippen LogP contribution in [0.5, 0.6) is 0 Å². The Morgan fingerprint density at radius 1 is 0.925 bits per heavy atom. The van der Waals surface area contributed by atoms with Crippen molar-refractivity contribution in [3.63, 3.8) is 0 Å². The van der Waals surface area contributed by atoms with Gasteiger partial charge in [0.25, 0.3) is 0 Å². The highest BCUT2D eigenvalue weighted by molar-refractivity contribution is 5.72. The molecule has 4 bridgehead atoms. The summed E-state index contributed by atoms with van der Waals surface area (Å²) in [5.41, 5.74) is -14.7. The van der Waals surface area contributed by atoms with E-state index >= 15 is 0 Å². The number of aliphatic hydroxyl groups is 3. The summed E-state index contributed by atoms with van der Waals surface area (Å²) in [6.45, 7) is 11.1. The molecule has 16 heteroatoms. The highest BCUT2D eigenvalue weighted by Gasteiger charge is 3.03. The Morgan fingerprint density at radius 2 is 1.55 bits per heavy atom. The van der Waals surface area contributed by atoms with Crippen LogP contribution in [0.2, 0.25) is 0 Å². The molecule has 1 unspecified atom stereocenters. The number of rotatable bonds is 9. The molecule has 0 amide bonds. The molecule has 53 heavy (non-hydrogen) atoms. The van der Waals surface area contributed by atoms with E-state index in [4.69, 9.17) is 37.6 Å². The number of furan rings is 1. The van der Waals surface area contributed by atoms with E-state index < -0.39 is 123 Å². The number of hydrogen-bond acceptors (Lipinski definition) is 16. The summed E-state index contributed by atoms with van der Waals surface area (Å²) in [7, 11) is 1.17. The highest BCUT2D eigenvalue weighted by atomic mass is 16.8. The first-order valence-corrected chi connectivity index (χ1v) is 17.9. The molecule has 6 fully saturated rings. The molecule has 1 aromatic rings. The molecular weight excluding hydrogens is 700 g/mol. The summed E-state index contributed by atoms with van der Waals surface area (Å²) in [6, 6.07) is 1.55. The molecular formula is C37H48O16. The summed E-state index contributed by atoms with van der Waals surface area (Å²) >= 11 is 0. The molecule has 15 atom stereocenters. The van der Waals surface area contributed by atoms with Crippen molar-refractivity contribution in [1.82, 2.24) is 0 Å². The first-order valence-electron chi connectivity index (χ1n) is 17.9. The molecule has 1 aromatic heterocycles. The van der Waals surface area contributed by atoms with Gasteiger partial charge in [-0.2, -0.15) is 0 Å². The van der Waals surface area contributed by atoms with E-state index in [1.807, 2.05) is 0 Å². The first kappa shape index (κ1) is 37.7. The molecule has 4 aliphatic carbocycles. The van der Waals surface area contributed by atoms with E-state index in [0.29, 0.717) is 5.56 Å². The number of esters is 5. The Bertz CT molecular complexity index is 1760. The van der Waals surface area contributed by atoms with Gasteiger partial charge >= 0.3 is 29.8 Å². The molecule has 3 N–H and O–H groups in total. The van der Waals surface area contributed by atoms with Crippen molar-refractivity contribution in [3.05, 3.63) is 24.2 Å². The van der Waals surface area contributed by atoms with Gasteiger partial charge in [-0.1, -0.05) is 27.7 Å². The quantitative estimate of drug-likeness (QED) is 0.242. The fraction of sp³-hybridized carbons (Fsp3) is 0.757. The van der Waals surface area contributed by atoms with Gasteiger partial charge in [-0.15, -0.1) is 0 Å². The normalized spacial score (nSPS) is 48.8. The van der Waals surface area contributed by atoms with Crippen LogP contribution in [0, 0.1) is 28.1 Å². The Kier molecular flexibility index (Phi) is 8.01. The zero-order valence-corrected chi connectivity index (χ0v) is 31.3. The lowest BCUT2D eigenvalue weighted by molar-refractivity contribution is -0.440. The average Bonchev–Trinajstić information content (AvgIpc) is 3.87. The third-order valence-corrected chi connectivity index (χ3v) is 14.3. The molecule has 6 aliphatic rings. The van der Waals surface area contributed by atoms with Crippen LogP contribution in [0.3, 0.4) is 0 Å². The second-order valence-electron chi connectivity index (χ2n) is 16.5. The van der Waals surface area contributed by atoms with Gasteiger partial charge in [-0.25, -0.2) is 0 Å². The molecule has 2 saturated heterocycles. The summed E-state index contributed by atoms with van der Waals surface area (Å²) in [5, 5.41) is 41.0. The van der Waals surface area contributed by atoms with E-state index in [-0.39, 0.29) is 19.3 Å². The van der Waals surface area contributed by atoms with Crippen LogP contribution >= 0.6 is 0 Å². The number of hydrogen-bond donors (Lipinski definition) is 3. The minimum Gasteiger partial charge on any atom is -0.472 e. The monoisotopic (exact) mass is 748 g/mol. The maximum Gasteiger partial charge on any atom is 0.305 e. The molecule has 2 aliphatic heterocycles. The Morgan fingerprint density at radius 3 is 2.08 bits per heavy atom. The van der Waals surface area contributed by atoms with Crippen LogP contribution in [-0.2, 0) is 57.1 Å². The minimum absolute atomic E-state index is 0.0409. The summed E-state index contributed by atoms with van der Waals surface area (Å²) in [6.07, 6.45) is -6.12. The van der Waals surface area contributed by atoms with E-state index in [1.165, 1.54) is 33.5 Å². The van der Waals surface area contributed by atoms with Crippen molar-refractivity contribution >= 4 is 29.8 Å². The zero-order chi connectivity index (χ0) is 39.1. The van der Waals surface area contributed by atoms with E-state index in [9.17, 15) is 39.3 Å². The molecule has 0 radical (unpaired) electrons. The number of carbonyl (C=O) groups is 5. The van der Waals surface area contributed by atoms with Crippen LogP contribution in [0.1, 0.15) is 92.7 Å². The van der Waals surface area contributed by atoms with Gasteiger partial charge in [0.2, 0.25) is 0 Å². The summed E-state index contributed by atoms with van der Waals surface area (Å²) in [4.78, 5) is 65.7. The van der Waals surface area contributed by atoms with Gasteiger partial charge in [0, 0.05) is 62.8 Å². The lowest BCUT2D eigenvalue weighted by atomic mass is 9.32. The van der Waals surface area contributed by atoms with Gasteiger partial charge in [0.15, 0.2) is 23.6 Å². The maximum atomic E-state index is 14.2. The summed E-state index contributed by atoms with van der Waals surface area (Å²) in [5.74, 6) is -7.91. The standard InChI is InChI=1S/C37H48O16/c1-10-33-14-23-31(7,25(48-17(2)38)21-11-12-47-15-21)26(49-18(3)39)27(50-19(4)40)37(45)32(8)22(13-24(42)46-9)30(6)16-34(32,43)35(44,28(30)51-20(5)41)29(52-33)36(23,37)53-33/h11-12,15,22-23,25-29,43-45H,10,13-14,16H2,1-9H3/t22-,23+,25-,26-,27+,28-,29+,30+,31+,32+,33?,34+,35-,36+,37-/m0/s1. The number of ether oxygens (including phenoxy) is 7. The molecule has 16 nitrogen and oxygen atoms in total. The molecule has 7 rings (SSSR count). The molecule has 4 saturated carbocycles. The largest absolute Gasteiger partial charge is 0.472 e. The second kappa shape index (κ2) is 11.2. The van der Waals surface area contributed by atoms with Gasteiger partial charge < -0.3 is 52.9 Å². The Labute approximate surface area is 305 Å². The predicted molar refractivity (Wildman–Crippen MR) is 174 cm³/mol. The van der Waals surface area contributed by atoms with Crippen LogP contribution in [-0.4, -0.2) is 105 Å². The average molecular weight is 749 g/mol. The first-order chi connectivity index (χ1) is 24.6. The van der Waals surface area contributed by atoms with Crippen molar-refractivity contribution in [3.8, 4) is 0 Å². The third-order valence-electron chi connectivity index (χ3n) is 14.3. The van der Waals surface area contributed by atoms with Crippen molar-refractivity contribution in [1.29, 1.82) is 0 Å². The van der Waals surface area contributed by atoms with E-state index in [2.05, 4.69) is 0 Å². The van der Waals surface area contributed by atoms with Gasteiger partial charge in [0.05, 0.1) is 25.1 Å².